The SMILES string of the molecule is Cc1cc(O)c(O)c(C(=O)O)c1[N+](=O)[O-]. The molecule has 0 amide bonds. The summed E-state index contributed by atoms with van der Waals surface area (Å²) < 4.78 is 0. The molecule has 1 rings (SSSR count). The minimum Gasteiger partial charge on any atom is -0.504 e. The predicted molar refractivity (Wildman–Crippen MR) is 48.1 cm³/mol. The van der Waals surface area contributed by atoms with Gasteiger partial charge in [-0.3, -0.25) is 10.1 Å². The fourth-order valence-electron chi connectivity index (χ4n) is 1.22. The lowest BCUT2D eigenvalue weighted by Crippen LogP contribution is -2.05. The Kier molecular flexibility index (Phi) is 2.47. The van der Waals surface area contributed by atoms with Crippen LogP contribution in [0.25, 0.3) is 0 Å². The standard InChI is InChI=1S/C8H7NO6/c1-3-2-4(10)7(11)5(8(12)13)6(3)9(14)15/h2,10-11H,1H3,(H,12,13). The van der Waals surface area contributed by atoms with E-state index in [0.29, 0.717) is 0 Å². The van der Waals surface area contributed by atoms with Crippen molar-refractivity contribution in [1.29, 1.82) is 0 Å². The van der Waals surface area contributed by atoms with E-state index in [1.165, 1.54) is 6.92 Å². The third-order valence-corrected chi connectivity index (χ3v) is 1.84. The van der Waals surface area contributed by atoms with Gasteiger partial charge in [0.15, 0.2) is 17.1 Å². The van der Waals surface area contributed by atoms with E-state index in [2.05, 4.69) is 0 Å². The van der Waals surface area contributed by atoms with Gasteiger partial charge in [0.05, 0.1) is 4.92 Å². The van der Waals surface area contributed by atoms with E-state index in [1.807, 2.05) is 0 Å². The number of benzene rings is 1. The number of phenolic OH excluding ortho intramolecular Hbond substituents is 1. The van der Waals surface area contributed by atoms with Crippen molar-refractivity contribution < 1.29 is 25.0 Å². The lowest BCUT2D eigenvalue weighted by molar-refractivity contribution is -0.385. The van der Waals surface area contributed by atoms with Crippen molar-refractivity contribution in [2.45, 2.75) is 6.92 Å². The number of phenols is 2. The number of carbonyl (C=O) groups is 1. The molecule has 0 radical (unpaired) electrons. The average molecular weight is 213 g/mol. The van der Waals surface area contributed by atoms with Gasteiger partial charge in [-0.25, -0.2) is 4.79 Å². The molecule has 1 aromatic rings. The Labute approximate surface area is 83.4 Å². The zero-order chi connectivity index (χ0) is 11.7. The first-order chi connectivity index (χ1) is 6.86. The molecule has 7 heteroatoms. The highest BCUT2D eigenvalue weighted by atomic mass is 16.6. The molecule has 0 bridgehead atoms. The molecule has 3 N–H and O–H groups in total. The monoisotopic (exact) mass is 213 g/mol. The van der Waals surface area contributed by atoms with E-state index < -0.39 is 33.6 Å². The van der Waals surface area contributed by atoms with Crippen molar-refractivity contribution in [1.82, 2.24) is 0 Å². The van der Waals surface area contributed by atoms with E-state index in [0.717, 1.165) is 6.07 Å². The highest BCUT2D eigenvalue weighted by molar-refractivity contribution is 5.97. The third-order valence-electron chi connectivity index (χ3n) is 1.84. The number of nitro groups is 1. The summed E-state index contributed by atoms with van der Waals surface area (Å²) in [5.41, 5.74) is -1.66. The fraction of sp³-hybridized carbons (Fsp3) is 0.125. The first kappa shape index (κ1) is 10.8. The summed E-state index contributed by atoms with van der Waals surface area (Å²) in [6.45, 7) is 1.27. The van der Waals surface area contributed by atoms with Gasteiger partial charge < -0.3 is 15.3 Å². The quantitative estimate of drug-likeness (QED) is 0.383. The number of nitrogens with zero attached hydrogens (tertiary/aromatic N) is 1. The normalized spacial score (nSPS) is 9.93. The van der Waals surface area contributed by atoms with Crippen LogP contribution in [0.5, 0.6) is 11.5 Å². The first-order valence-electron chi connectivity index (χ1n) is 3.79. The Morgan fingerprint density at radius 1 is 1.47 bits per heavy atom. The Hall–Kier alpha value is -2.31. The van der Waals surface area contributed by atoms with Crippen LogP contribution in [0.3, 0.4) is 0 Å². The van der Waals surface area contributed by atoms with Gasteiger partial charge in [0.25, 0.3) is 5.69 Å². The molecule has 0 aliphatic rings. The summed E-state index contributed by atoms with van der Waals surface area (Å²) in [6.07, 6.45) is 0. The van der Waals surface area contributed by atoms with Crippen LogP contribution in [-0.4, -0.2) is 26.2 Å². The lowest BCUT2D eigenvalue weighted by Gasteiger charge is -2.05. The number of hydrogen-bond donors (Lipinski definition) is 3. The summed E-state index contributed by atoms with van der Waals surface area (Å²) in [5.74, 6) is -3.37. The number of hydrogen-bond acceptors (Lipinski definition) is 5. The molecule has 0 unspecified atom stereocenters. The van der Waals surface area contributed by atoms with Crippen molar-refractivity contribution in [2.24, 2.45) is 0 Å². The minimum atomic E-state index is -1.67. The van der Waals surface area contributed by atoms with Gasteiger partial charge in [-0.05, 0) is 13.0 Å². The molecule has 1 aromatic carbocycles. The molecule has 0 atom stereocenters. The summed E-state index contributed by atoms with van der Waals surface area (Å²) in [4.78, 5) is 20.3. The molecule has 15 heavy (non-hydrogen) atoms. The van der Waals surface area contributed by atoms with Gasteiger partial charge >= 0.3 is 5.97 Å². The molecule has 0 saturated heterocycles. The molecular weight excluding hydrogens is 206 g/mol. The summed E-state index contributed by atoms with van der Waals surface area (Å²) in [5, 5.41) is 37.5. The van der Waals surface area contributed by atoms with E-state index >= 15 is 0 Å². The van der Waals surface area contributed by atoms with Gasteiger partial charge in [-0.15, -0.1) is 0 Å². The van der Waals surface area contributed by atoms with Gasteiger partial charge in [0.1, 0.15) is 0 Å². The molecule has 0 saturated carbocycles. The Balaban J connectivity index is 3.69. The summed E-state index contributed by atoms with van der Waals surface area (Å²) in [6, 6.07) is 0.930. The molecule has 7 nitrogen and oxygen atoms in total. The van der Waals surface area contributed by atoms with Crippen molar-refractivity contribution >= 4 is 11.7 Å². The maximum Gasteiger partial charge on any atom is 0.346 e. The summed E-state index contributed by atoms with van der Waals surface area (Å²) in [7, 11) is 0. The topological polar surface area (TPSA) is 121 Å². The minimum absolute atomic E-state index is 0.0345. The summed E-state index contributed by atoms with van der Waals surface area (Å²) >= 11 is 0. The van der Waals surface area contributed by atoms with Gasteiger partial charge in [-0.2, -0.15) is 0 Å². The first-order valence-corrected chi connectivity index (χ1v) is 3.79. The van der Waals surface area contributed by atoms with Gasteiger partial charge in [0, 0.05) is 5.56 Å². The van der Waals surface area contributed by atoms with Crippen LogP contribution in [0.1, 0.15) is 15.9 Å². The Morgan fingerprint density at radius 3 is 2.40 bits per heavy atom. The van der Waals surface area contributed by atoms with Crippen molar-refractivity contribution in [3.05, 3.63) is 27.3 Å². The van der Waals surface area contributed by atoms with Crippen LogP contribution in [0.4, 0.5) is 5.69 Å². The van der Waals surface area contributed by atoms with Gasteiger partial charge in [0.2, 0.25) is 0 Å². The fourth-order valence-corrected chi connectivity index (χ4v) is 1.22. The van der Waals surface area contributed by atoms with Crippen molar-refractivity contribution in [3.63, 3.8) is 0 Å². The number of carboxylic acid groups (broad SMARTS) is 1. The van der Waals surface area contributed by atoms with E-state index in [9.17, 15) is 20.0 Å². The smallest absolute Gasteiger partial charge is 0.346 e. The van der Waals surface area contributed by atoms with E-state index in [-0.39, 0.29) is 5.56 Å². The number of rotatable bonds is 2. The number of carboxylic acids is 1. The van der Waals surface area contributed by atoms with Crippen LogP contribution >= 0.6 is 0 Å². The molecule has 80 valence electrons. The van der Waals surface area contributed by atoms with E-state index in [4.69, 9.17) is 10.2 Å². The van der Waals surface area contributed by atoms with Crippen LogP contribution < -0.4 is 0 Å². The van der Waals surface area contributed by atoms with Crippen LogP contribution in [0.2, 0.25) is 0 Å². The number of aromatic hydroxyl groups is 2. The second kappa shape index (κ2) is 3.45. The molecule has 0 spiro atoms. The number of aryl methyl sites for hydroxylation is 1. The van der Waals surface area contributed by atoms with Crippen LogP contribution in [0.15, 0.2) is 6.07 Å². The largest absolute Gasteiger partial charge is 0.504 e. The third kappa shape index (κ3) is 1.66. The van der Waals surface area contributed by atoms with E-state index in [1.54, 1.807) is 0 Å². The number of aromatic carboxylic acids is 1. The zero-order valence-corrected chi connectivity index (χ0v) is 7.59. The second-order valence-corrected chi connectivity index (χ2v) is 2.85. The molecule has 0 heterocycles. The van der Waals surface area contributed by atoms with Crippen molar-refractivity contribution in [2.75, 3.05) is 0 Å². The van der Waals surface area contributed by atoms with Gasteiger partial charge in [-0.1, -0.05) is 0 Å². The van der Waals surface area contributed by atoms with Crippen molar-refractivity contribution in [3.8, 4) is 11.5 Å². The highest BCUT2D eigenvalue weighted by Gasteiger charge is 2.29. The zero-order valence-electron chi connectivity index (χ0n) is 7.59. The predicted octanol–water partition coefficient (Wildman–Crippen LogP) is 1.01. The molecular formula is C8H7NO6. The van der Waals surface area contributed by atoms with Crippen LogP contribution in [0, 0.1) is 17.0 Å². The van der Waals surface area contributed by atoms with Crippen LogP contribution in [-0.2, 0) is 0 Å². The maximum atomic E-state index is 10.7. The molecule has 0 aromatic heterocycles. The highest BCUT2D eigenvalue weighted by Crippen LogP contribution is 2.38. The molecule has 0 fully saturated rings. The number of nitro benzene ring substituents is 1. The maximum absolute atomic E-state index is 10.7. The molecule has 0 aliphatic heterocycles. The molecule has 0 aliphatic carbocycles. The Morgan fingerprint density at radius 2 is 2.00 bits per heavy atom. The second-order valence-electron chi connectivity index (χ2n) is 2.85. The lowest BCUT2D eigenvalue weighted by atomic mass is 10.1. The Bertz CT molecular complexity index is 453. The average Bonchev–Trinajstić information content (AvgIpc) is 2.09.